The zero-order valence-corrected chi connectivity index (χ0v) is 12.3. The first-order valence-corrected chi connectivity index (χ1v) is 7.17. The van der Waals surface area contributed by atoms with Crippen molar-refractivity contribution in [3.63, 3.8) is 0 Å². The van der Waals surface area contributed by atoms with E-state index in [-0.39, 0.29) is 5.92 Å². The quantitative estimate of drug-likeness (QED) is 0.824. The van der Waals surface area contributed by atoms with E-state index in [1.54, 1.807) is 0 Å². The zero-order chi connectivity index (χ0) is 13.8. The van der Waals surface area contributed by atoms with E-state index < -0.39 is 6.17 Å². The fourth-order valence-corrected chi connectivity index (χ4v) is 2.92. The van der Waals surface area contributed by atoms with Crippen molar-refractivity contribution in [2.24, 2.45) is 5.92 Å². The third kappa shape index (κ3) is 3.69. The molecule has 1 fully saturated rings. The summed E-state index contributed by atoms with van der Waals surface area (Å²) in [4.78, 5) is 4.34. The lowest BCUT2D eigenvalue weighted by atomic mass is 9.91. The highest BCUT2D eigenvalue weighted by Crippen LogP contribution is 2.28. The minimum Gasteiger partial charge on any atom is -0.371 e. The molecule has 1 aromatic rings. The number of alkyl halides is 1. The van der Waals surface area contributed by atoms with E-state index in [1.165, 1.54) is 11.3 Å². The van der Waals surface area contributed by atoms with Crippen molar-refractivity contribution in [2.45, 2.75) is 25.9 Å². The molecule has 1 saturated heterocycles. The van der Waals surface area contributed by atoms with Gasteiger partial charge < -0.3 is 9.80 Å². The minimum absolute atomic E-state index is 0.225. The van der Waals surface area contributed by atoms with Crippen LogP contribution in [0.3, 0.4) is 0 Å². The number of rotatable bonds is 4. The summed E-state index contributed by atoms with van der Waals surface area (Å²) < 4.78 is 14.1. The molecule has 0 N–H and O–H groups in total. The molecule has 1 aromatic carbocycles. The highest BCUT2D eigenvalue weighted by molar-refractivity contribution is 5.53. The SMILES string of the molecule is Cc1ccccc1N1CCC([C@H](F)CN(C)C)CC1. The van der Waals surface area contributed by atoms with Gasteiger partial charge in [-0.05, 0) is 51.4 Å². The Morgan fingerprint density at radius 2 is 1.89 bits per heavy atom. The fraction of sp³-hybridized carbons (Fsp3) is 0.625. The second kappa shape index (κ2) is 6.38. The van der Waals surface area contributed by atoms with Crippen LogP contribution in [0.1, 0.15) is 18.4 Å². The monoisotopic (exact) mass is 264 g/mol. The number of hydrogen-bond donors (Lipinski definition) is 0. The molecule has 0 amide bonds. The van der Waals surface area contributed by atoms with Gasteiger partial charge in [0.15, 0.2) is 0 Å². The van der Waals surface area contributed by atoms with E-state index in [2.05, 4.69) is 36.1 Å². The molecular formula is C16H25FN2. The molecule has 3 heteroatoms. The van der Waals surface area contributed by atoms with Gasteiger partial charge in [0.2, 0.25) is 0 Å². The molecule has 0 saturated carbocycles. The van der Waals surface area contributed by atoms with Crippen molar-refractivity contribution in [1.82, 2.24) is 4.90 Å². The number of hydrogen-bond acceptors (Lipinski definition) is 2. The second-order valence-electron chi connectivity index (χ2n) is 5.89. The zero-order valence-electron chi connectivity index (χ0n) is 12.3. The third-order valence-corrected chi connectivity index (χ3v) is 4.05. The lowest BCUT2D eigenvalue weighted by molar-refractivity contribution is 0.155. The molecule has 0 unspecified atom stereocenters. The van der Waals surface area contributed by atoms with Crippen LogP contribution in [0.25, 0.3) is 0 Å². The van der Waals surface area contributed by atoms with Crippen LogP contribution in [0.15, 0.2) is 24.3 Å². The lowest BCUT2D eigenvalue weighted by Crippen LogP contribution is -2.39. The van der Waals surface area contributed by atoms with Gasteiger partial charge in [-0.2, -0.15) is 0 Å². The van der Waals surface area contributed by atoms with Gasteiger partial charge in [-0.3, -0.25) is 0 Å². The number of benzene rings is 1. The smallest absolute Gasteiger partial charge is 0.116 e. The van der Waals surface area contributed by atoms with Crippen LogP contribution >= 0.6 is 0 Å². The molecule has 0 aliphatic carbocycles. The highest BCUT2D eigenvalue weighted by Gasteiger charge is 2.27. The number of halogens is 1. The Hall–Kier alpha value is -1.09. The van der Waals surface area contributed by atoms with Crippen LogP contribution in [0.4, 0.5) is 10.1 Å². The summed E-state index contributed by atoms with van der Waals surface area (Å²) in [5, 5.41) is 0. The molecule has 1 atom stereocenters. The molecule has 1 aliphatic heterocycles. The second-order valence-corrected chi connectivity index (χ2v) is 5.89. The molecule has 0 radical (unpaired) electrons. The minimum atomic E-state index is -0.686. The van der Waals surface area contributed by atoms with Crippen LogP contribution in [0.5, 0.6) is 0 Å². The van der Waals surface area contributed by atoms with Gasteiger partial charge in [-0.15, -0.1) is 0 Å². The first-order valence-electron chi connectivity index (χ1n) is 7.17. The molecule has 1 aliphatic rings. The predicted molar refractivity (Wildman–Crippen MR) is 79.6 cm³/mol. The summed E-state index contributed by atoms with van der Waals surface area (Å²) in [6.45, 7) is 4.65. The number of piperidine rings is 1. The van der Waals surface area contributed by atoms with Crippen molar-refractivity contribution < 1.29 is 4.39 Å². The summed E-state index contributed by atoms with van der Waals surface area (Å²) in [6.07, 6.45) is 1.24. The van der Waals surface area contributed by atoms with Crippen LogP contribution in [0.2, 0.25) is 0 Å². The topological polar surface area (TPSA) is 6.48 Å². The average molecular weight is 264 g/mol. The van der Waals surface area contributed by atoms with E-state index in [0.717, 1.165) is 25.9 Å². The van der Waals surface area contributed by atoms with Gasteiger partial charge in [0.1, 0.15) is 6.17 Å². The van der Waals surface area contributed by atoms with E-state index in [1.807, 2.05) is 19.0 Å². The summed E-state index contributed by atoms with van der Waals surface area (Å²) in [5.74, 6) is 0.225. The first kappa shape index (κ1) is 14.3. The molecule has 2 rings (SSSR count). The maximum atomic E-state index is 14.1. The molecule has 1 heterocycles. The first-order chi connectivity index (χ1) is 9.08. The van der Waals surface area contributed by atoms with Gasteiger partial charge in [0.05, 0.1) is 0 Å². The summed E-state index contributed by atoms with van der Waals surface area (Å²) >= 11 is 0. The van der Waals surface area contributed by atoms with E-state index in [9.17, 15) is 4.39 Å². The Balaban J connectivity index is 1.91. The van der Waals surface area contributed by atoms with Crippen LogP contribution < -0.4 is 4.90 Å². The fourth-order valence-electron chi connectivity index (χ4n) is 2.92. The summed E-state index contributed by atoms with van der Waals surface area (Å²) in [6, 6.07) is 8.46. The molecule has 0 bridgehead atoms. The van der Waals surface area contributed by atoms with E-state index in [4.69, 9.17) is 0 Å². The van der Waals surface area contributed by atoms with Crippen molar-refractivity contribution in [2.75, 3.05) is 38.6 Å². The largest absolute Gasteiger partial charge is 0.371 e. The Kier molecular flexibility index (Phi) is 4.81. The van der Waals surface area contributed by atoms with E-state index >= 15 is 0 Å². The molecule has 0 spiro atoms. The van der Waals surface area contributed by atoms with Crippen molar-refractivity contribution >= 4 is 5.69 Å². The normalized spacial score (nSPS) is 18.9. The number of para-hydroxylation sites is 1. The van der Waals surface area contributed by atoms with Crippen molar-refractivity contribution in [3.05, 3.63) is 29.8 Å². The van der Waals surface area contributed by atoms with Gasteiger partial charge in [0, 0.05) is 25.3 Å². The molecule has 0 aromatic heterocycles. The van der Waals surface area contributed by atoms with Crippen LogP contribution in [-0.4, -0.2) is 44.8 Å². The number of aryl methyl sites for hydroxylation is 1. The van der Waals surface area contributed by atoms with E-state index in [0.29, 0.717) is 6.54 Å². The van der Waals surface area contributed by atoms with Crippen molar-refractivity contribution in [3.8, 4) is 0 Å². The van der Waals surface area contributed by atoms with Gasteiger partial charge in [-0.25, -0.2) is 4.39 Å². The summed E-state index contributed by atoms with van der Waals surface area (Å²) in [7, 11) is 3.88. The Labute approximate surface area is 116 Å². The molecule has 106 valence electrons. The maximum absolute atomic E-state index is 14.1. The Morgan fingerprint density at radius 1 is 1.26 bits per heavy atom. The van der Waals surface area contributed by atoms with Crippen LogP contribution in [0, 0.1) is 12.8 Å². The summed E-state index contributed by atoms with van der Waals surface area (Å²) in [5.41, 5.74) is 2.62. The Morgan fingerprint density at radius 3 is 2.47 bits per heavy atom. The molecule has 2 nitrogen and oxygen atoms in total. The maximum Gasteiger partial charge on any atom is 0.116 e. The third-order valence-electron chi connectivity index (χ3n) is 4.05. The number of anilines is 1. The van der Waals surface area contributed by atoms with Crippen LogP contribution in [-0.2, 0) is 0 Å². The number of nitrogens with zero attached hydrogens (tertiary/aromatic N) is 2. The average Bonchev–Trinajstić information content (AvgIpc) is 2.39. The van der Waals surface area contributed by atoms with Gasteiger partial charge in [0.25, 0.3) is 0 Å². The Bertz CT molecular complexity index is 397. The highest BCUT2D eigenvalue weighted by atomic mass is 19.1. The predicted octanol–water partition coefficient (Wildman–Crippen LogP) is 3.11. The standard InChI is InChI=1S/C16H25FN2/c1-13-6-4-5-7-16(13)19-10-8-14(9-11-19)15(17)12-18(2)3/h4-7,14-15H,8-12H2,1-3H3/t15-/m1/s1. The van der Waals surface area contributed by atoms with Crippen molar-refractivity contribution in [1.29, 1.82) is 0 Å². The van der Waals surface area contributed by atoms with Gasteiger partial charge in [-0.1, -0.05) is 18.2 Å². The lowest BCUT2D eigenvalue weighted by Gasteiger charge is -2.36. The molecular weight excluding hydrogens is 239 g/mol. The molecule has 19 heavy (non-hydrogen) atoms. The van der Waals surface area contributed by atoms with Gasteiger partial charge >= 0.3 is 0 Å².